The van der Waals surface area contributed by atoms with Crippen molar-refractivity contribution in [1.29, 1.82) is 0 Å². The number of nitrogens with one attached hydrogen (secondary N) is 1. The Labute approximate surface area is 120 Å². The van der Waals surface area contributed by atoms with Gasteiger partial charge in [-0.2, -0.15) is 0 Å². The number of amides is 2. The topological polar surface area (TPSA) is 49.4 Å². The number of hydrogen-bond acceptors (Lipinski definition) is 2. The molecule has 1 aliphatic carbocycles. The summed E-state index contributed by atoms with van der Waals surface area (Å²) in [7, 11) is 0. The van der Waals surface area contributed by atoms with E-state index in [0.29, 0.717) is 5.92 Å². The molecule has 1 heterocycles. The fraction of sp³-hybridized carbons (Fsp3) is 0.625. The van der Waals surface area contributed by atoms with E-state index in [0.717, 1.165) is 37.9 Å². The third-order valence-electron chi connectivity index (χ3n) is 4.12. The normalized spacial score (nSPS) is 26.4. The van der Waals surface area contributed by atoms with Gasteiger partial charge in [-0.1, -0.05) is 6.58 Å². The van der Waals surface area contributed by atoms with Gasteiger partial charge in [-0.05, 0) is 51.5 Å². The summed E-state index contributed by atoms with van der Waals surface area (Å²) in [5.74, 6) is 0.847. The fourth-order valence-corrected chi connectivity index (χ4v) is 2.96. The Bertz CT molecular complexity index is 414. The second-order valence-corrected chi connectivity index (χ2v) is 6.15. The summed E-state index contributed by atoms with van der Waals surface area (Å²) in [6, 6.07) is 0.205. The highest BCUT2D eigenvalue weighted by Gasteiger charge is 2.29. The highest BCUT2D eigenvalue weighted by Crippen LogP contribution is 2.31. The van der Waals surface area contributed by atoms with Gasteiger partial charge < -0.3 is 10.2 Å². The van der Waals surface area contributed by atoms with Crippen LogP contribution in [0.1, 0.15) is 39.5 Å². The van der Waals surface area contributed by atoms with Crippen LogP contribution in [0.4, 0.5) is 0 Å². The first kappa shape index (κ1) is 14.8. The zero-order chi connectivity index (χ0) is 14.7. The molecule has 1 saturated carbocycles. The summed E-state index contributed by atoms with van der Waals surface area (Å²) in [6.45, 7) is 8.60. The molecule has 0 spiro atoms. The Hall–Kier alpha value is -1.58. The Morgan fingerprint density at radius 1 is 1.35 bits per heavy atom. The molecule has 2 rings (SSSR count). The van der Waals surface area contributed by atoms with Crippen LogP contribution in [-0.2, 0) is 9.59 Å². The number of rotatable bonds is 4. The third kappa shape index (κ3) is 3.50. The summed E-state index contributed by atoms with van der Waals surface area (Å²) in [4.78, 5) is 25.4. The van der Waals surface area contributed by atoms with Crippen molar-refractivity contribution >= 4 is 11.8 Å². The molecule has 2 aliphatic rings. The van der Waals surface area contributed by atoms with Crippen LogP contribution in [0.15, 0.2) is 24.4 Å². The van der Waals surface area contributed by atoms with Gasteiger partial charge in [0.15, 0.2) is 0 Å². The maximum atomic E-state index is 12.0. The number of hydrogen-bond donors (Lipinski definition) is 1. The van der Waals surface area contributed by atoms with Gasteiger partial charge >= 0.3 is 0 Å². The minimum absolute atomic E-state index is 0.0367. The number of carbonyl (C=O) groups excluding carboxylic acids is 2. The Morgan fingerprint density at radius 2 is 2.00 bits per heavy atom. The third-order valence-corrected chi connectivity index (χ3v) is 4.12. The van der Waals surface area contributed by atoms with Gasteiger partial charge in [-0.25, -0.2) is 0 Å². The Kier molecular flexibility index (Phi) is 4.63. The average Bonchev–Trinajstić information content (AvgIpc) is 2.70. The lowest BCUT2D eigenvalue weighted by Crippen LogP contribution is -2.38. The minimum Gasteiger partial charge on any atom is -0.354 e. The highest BCUT2D eigenvalue weighted by molar-refractivity contribution is 5.93. The maximum Gasteiger partial charge on any atom is 0.251 e. The van der Waals surface area contributed by atoms with Gasteiger partial charge in [0.25, 0.3) is 5.91 Å². The molecule has 0 aromatic rings. The van der Waals surface area contributed by atoms with E-state index in [2.05, 4.69) is 11.9 Å². The van der Waals surface area contributed by atoms with E-state index < -0.39 is 0 Å². The van der Waals surface area contributed by atoms with Crippen LogP contribution in [0.3, 0.4) is 0 Å². The molecule has 2 amide bonds. The predicted octanol–water partition coefficient (Wildman–Crippen LogP) is 2.23. The second kappa shape index (κ2) is 6.25. The number of allylic oxidation sites excluding steroid dienone is 1. The lowest BCUT2D eigenvalue weighted by molar-refractivity contribution is -0.127. The van der Waals surface area contributed by atoms with Crippen LogP contribution >= 0.6 is 0 Å². The van der Waals surface area contributed by atoms with Crippen molar-refractivity contribution in [2.45, 2.75) is 45.6 Å². The van der Waals surface area contributed by atoms with Crippen molar-refractivity contribution in [3.63, 3.8) is 0 Å². The van der Waals surface area contributed by atoms with Crippen molar-refractivity contribution in [2.24, 2.45) is 11.8 Å². The number of nitrogens with zero attached hydrogens (tertiary/aromatic N) is 1. The van der Waals surface area contributed by atoms with Gasteiger partial charge in [-0.3, -0.25) is 9.59 Å². The molecule has 0 aromatic carbocycles. The van der Waals surface area contributed by atoms with Crippen LogP contribution in [0.2, 0.25) is 0 Å². The average molecular weight is 276 g/mol. The zero-order valence-electron chi connectivity index (χ0n) is 12.4. The van der Waals surface area contributed by atoms with Crippen LogP contribution in [-0.4, -0.2) is 29.3 Å². The van der Waals surface area contributed by atoms with E-state index in [-0.39, 0.29) is 23.8 Å². The quantitative estimate of drug-likeness (QED) is 0.856. The molecular weight excluding hydrogens is 252 g/mol. The van der Waals surface area contributed by atoms with Gasteiger partial charge in [0.2, 0.25) is 5.91 Å². The first-order valence-electron chi connectivity index (χ1n) is 7.46. The Balaban J connectivity index is 1.78. The molecule has 0 aromatic heterocycles. The summed E-state index contributed by atoms with van der Waals surface area (Å²) in [6.07, 6.45) is 7.20. The van der Waals surface area contributed by atoms with Crippen molar-refractivity contribution < 1.29 is 9.59 Å². The highest BCUT2D eigenvalue weighted by atomic mass is 16.2. The first-order valence-corrected chi connectivity index (χ1v) is 7.46. The molecule has 0 atom stereocenters. The largest absolute Gasteiger partial charge is 0.354 e. The SMILES string of the molecule is C=C1C=CC(=O)N1CC1CCC(C(=O)NC(C)C)CC1. The lowest BCUT2D eigenvalue weighted by Gasteiger charge is -2.31. The van der Waals surface area contributed by atoms with Crippen molar-refractivity contribution in [3.8, 4) is 0 Å². The molecule has 20 heavy (non-hydrogen) atoms. The monoisotopic (exact) mass is 276 g/mol. The fourth-order valence-electron chi connectivity index (χ4n) is 2.96. The van der Waals surface area contributed by atoms with Crippen LogP contribution in [0, 0.1) is 11.8 Å². The molecule has 0 bridgehead atoms. The van der Waals surface area contributed by atoms with E-state index in [1.807, 2.05) is 13.8 Å². The molecule has 0 saturated heterocycles. The van der Waals surface area contributed by atoms with E-state index in [4.69, 9.17) is 0 Å². The second-order valence-electron chi connectivity index (χ2n) is 6.15. The van der Waals surface area contributed by atoms with Gasteiger partial charge in [-0.15, -0.1) is 0 Å². The minimum atomic E-state index is 0.0367. The summed E-state index contributed by atoms with van der Waals surface area (Å²) in [5.41, 5.74) is 0.787. The number of carbonyl (C=O) groups is 2. The lowest BCUT2D eigenvalue weighted by atomic mass is 9.81. The maximum absolute atomic E-state index is 12.0. The molecule has 110 valence electrons. The predicted molar refractivity (Wildman–Crippen MR) is 78.7 cm³/mol. The first-order chi connectivity index (χ1) is 9.47. The van der Waals surface area contributed by atoms with Crippen molar-refractivity contribution in [2.75, 3.05) is 6.54 Å². The van der Waals surface area contributed by atoms with Crippen LogP contribution < -0.4 is 5.32 Å². The smallest absolute Gasteiger partial charge is 0.251 e. The van der Waals surface area contributed by atoms with Gasteiger partial charge in [0, 0.05) is 30.3 Å². The summed E-state index contributed by atoms with van der Waals surface area (Å²) < 4.78 is 0. The standard InChI is InChI=1S/C16H24N2O2/c1-11(2)17-16(20)14-7-5-13(6-8-14)10-18-12(3)4-9-15(18)19/h4,9,11,13-14H,3,5-8,10H2,1-2H3,(H,17,20). The zero-order valence-corrected chi connectivity index (χ0v) is 12.4. The van der Waals surface area contributed by atoms with E-state index in [1.165, 1.54) is 0 Å². The molecule has 1 fully saturated rings. The molecule has 4 heteroatoms. The van der Waals surface area contributed by atoms with Crippen molar-refractivity contribution in [3.05, 3.63) is 24.4 Å². The molecule has 1 N–H and O–H groups in total. The molecule has 1 aliphatic heterocycles. The van der Waals surface area contributed by atoms with E-state index in [1.54, 1.807) is 17.1 Å². The summed E-state index contributed by atoms with van der Waals surface area (Å²) >= 11 is 0. The van der Waals surface area contributed by atoms with Crippen LogP contribution in [0.5, 0.6) is 0 Å². The molecule has 0 radical (unpaired) electrons. The van der Waals surface area contributed by atoms with E-state index in [9.17, 15) is 9.59 Å². The van der Waals surface area contributed by atoms with Gasteiger partial charge in [0.05, 0.1) is 0 Å². The molecule has 4 nitrogen and oxygen atoms in total. The molecule has 0 unspecified atom stereocenters. The van der Waals surface area contributed by atoms with E-state index >= 15 is 0 Å². The molecular formula is C16H24N2O2. The Morgan fingerprint density at radius 3 is 2.50 bits per heavy atom. The van der Waals surface area contributed by atoms with Crippen molar-refractivity contribution in [1.82, 2.24) is 10.2 Å². The summed E-state index contributed by atoms with van der Waals surface area (Å²) in [5, 5.41) is 2.99. The van der Waals surface area contributed by atoms with Crippen LogP contribution in [0.25, 0.3) is 0 Å². The van der Waals surface area contributed by atoms with Gasteiger partial charge in [0.1, 0.15) is 0 Å².